The fourth-order valence-electron chi connectivity index (χ4n) is 3.91. The number of hydrogen-bond donors (Lipinski definition) is 0. The zero-order chi connectivity index (χ0) is 22.7. The third-order valence-corrected chi connectivity index (χ3v) is 5.42. The first-order valence-electron chi connectivity index (χ1n) is 10.4. The molecule has 2 amide bonds. The number of para-hydroxylation sites is 1. The van der Waals surface area contributed by atoms with Crippen molar-refractivity contribution in [3.05, 3.63) is 102 Å². The molecule has 0 bridgehead atoms. The van der Waals surface area contributed by atoms with Gasteiger partial charge in [-0.15, -0.1) is 0 Å². The summed E-state index contributed by atoms with van der Waals surface area (Å²) in [6, 6.07) is 22.3. The molecule has 0 aromatic heterocycles. The highest BCUT2D eigenvalue weighted by Gasteiger charge is 2.43. The lowest BCUT2D eigenvalue weighted by Gasteiger charge is -2.25. The number of methoxy groups -OCH3 is 1. The Morgan fingerprint density at radius 2 is 1.62 bits per heavy atom. The number of carbonyl (C=O) groups is 2. The maximum Gasteiger partial charge on any atom is 0.282 e. The lowest BCUT2D eigenvalue weighted by atomic mass is 10.0. The third-order valence-electron chi connectivity index (χ3n) is 5.42. The monoisotopic (exact) mass is 430 g/mol. The maximum absolute atomic E-state index is 13.9. The fraction of sp³-hybridized carbons (Fsp3) is 0.154. The molecule has 0 aliphatic carbocycles. The van der Waals surface area contributed by atoms with E-state index in [-0.39, 0.29) is 17.0 Å². The van der Waals surface area contributed by atoms with Crippen LogP contribution in [0.15, 0.2) is 84.6 Å². The topological polar surface area (TPSA) is 49.9 Å². The van der Waals surface area contributed by atoms with Crippen LogP contribution in [0, 0.1) is 5.82 Å². The SMILES string of the molecule is CCN(Cc1ccccc1)C1=C(c2ccccc2OC)C(=O)N(c2cccc(F)c2)C1=O. The number of likely N-dealkylation sites (N-methyl/N-ethyl adjacent to an activating group) is 1. The van der Waals surface area contributed by atoms with Gasteiger partial charge in [0.05, 0.1) is 18.4 Å². The van der Waals surface area contributed by atoms with Crippen molar-refractivity contribution in [3.8, 4) is 5.75 Å². The molecule has 162 valence electrons. The minimum Gasteiger partial charge on any atom is -0.496 e. The van der Waals surface area contributed by atoms with Crippen LogP contribution in [0.3, 0.4) is 0 Å². The summed E-state index contributed by atoms with van der Waals surface area (Å²) in [5, 5.41) is 0. The van der Waals surface area contributed by atoms with E-state index < -0.39 is 17.6 Å². The Balaban J connectivity index is 1.88. The molecule has 3 aromatic carbocycles. The largest absolute Gasteiger partial charge is 0.496 e. The fourth-order valence-corrected chi connectivity index (χ4v) is 3.91. The van der Waals surface area contributed by atoms with Gasteiger partial charge < -0.3 is 9.64 Å². The second-order valence-corrected chi connectivity index (χ2v) is 7.35. The molecule has 32 heavy (non-hydrogen) atoms. The van der Waals surface area contributed by atoms with E-state index in [2.05, 4.69) is 0 Å². The van der Waals surface area contributed by atoms with Crippen LogP contribution in [-0.4, -0.2) is 30.4 Å². The standard InChI is InChI=1S/C26H23FN2O3/c1-3-28(17-18-10-5-4-6-11-18)24-23(21-14-7-8-15-22(21)32-2)25(30)29(26(24)31)20-13-9-12-19(27)16-20/h4-16H,3,17H2,1-2H3. The molecule has 0 spiro atoms. The zero-order valence-corrected chi connectivity index (χ0v) is 17.9. The van der Waals surface area contributed by atoms with Crippen LogP contribution < -0.4 is 9.64 Å². The van der Waals surface area contributed by atoms with Crippen LogP contribution in [0.1, 0.15) is 18.1 Å². The summed E-state index contributed by atoms with van der Waals surface area (Å²) in [4.78, 5) is 30.2. The van der Waals surface area contributed by atoms with Crippen LogP contribution >= 0.6 is 0 Å². The van der Waals surface area contributed by atoms with Crippen molar-refractivity contribution >= 4 is 23.1 Å². The lowest BCUT2D eigenvalue weighted by molar-refractivity contribution is -0.120. The number of halogens is 1. The van der Waals surface area contributed by atoms with E-state index in [1.54, 1.807) is 30.3 Å². The number of ether oxygens (including phenoxy) is 1. The predicted molar refractivity (Wildman–Crippen MR) is 121 cm³/mol. The van der Waals surface area contributed by atoms with Gasteiger partial charge in [0.15, 0.2) is 0 Å². The van der Waals surface area contributed by atoms with Gasteiger partial charge in [-0.05, 0) is 36.8 Å². The van der Waals surface area contributed by atoms with Crippen LogP contribution in [0.5, 0.6) is 5.75 Å². The van der Waals surface area contributed by atoms with E-state index in [0.717, 1.165) is 10.5 Å². The van der Waals surface area contributed by atoms with Crippen molar-refractivity contribution in [2.45, 2.75) is 13.5 Å². The summed E-state index contributed by atoms with van der Waals surface area (Å²) in [5.74, 6) is -1.03. The molecule has 6 heteroatoms. The molecule has 1 aliphatic rings. The van der Waals surface area contributed by atoms with Crippen molar-refractivity contribution in [3.63, 3.8) is 0 Å². The molecular weight excluding hydrogens is 407 g/mol. The number of hydrogen-bond acceptors (Lipinski definition) is 4. The van der Waals surface area contributed by atoms with Gasteiger partial charge in [-0.2, -0.15) is 0 Å². The third kappa shape index (κ3) is 3.87. The summed E-state index contributed by atoms with van der Waals surface area (Å²) in [5.41, 5.74) is 2.24. The summed E-state index contributed by atoms with van der Waals surface area (Å²) in [6.45, 7) is 2.87. The number of amides is 2. The van der Waals surface area contributed by atoms with Gasteiger partial charge in [0.1, 0.15) is 17.3 Å². The van der Waals surface area contributed by atoms with Gasteiger partial charge in [0.2, 0.25) is 0 Å². The quantitative estimate of drug-likeness (QED) is 0.513. The minimum atomic E-state index is -0.521. The molecule has 1 aliphatic heterocycles. The van der Waals surface area contributed by atoms with Gasteiger partial charge in [-0.3, -0.25) is 9.59 Å². The molecule has 5 nitrogen and oxygen atoms in total. The Labute approximate surface area is 186 Å². The molecule has 0 saturated carbocycles. The van der Waals surface area contributed by atoms with E-state index in [0.29, 0.717) is 24.4 Å². The molecular formula is C26H23FN2O3. The van der Waals surface area contributed by atoms with Gasteiger partial charge in [0.25, 0.3) is 11.8 Å². The zero-order valence-electron chi connectivity index (χ0n) is 17.9. The molecule has 0 unspecified atom stereocenters. The summed E-state index contributed by atoms with van der Waals surface area (Å²) >= 11 is 0. The maximum atomic E-state index is 13.9. The first kappa shape index (κ1) is 21.3. The highest BCUT2D eigenvalue weighted by molar-refractivity contribution is 6.45. The van der Waals surface area contributed by atoms with Crippen LogP contribution in [0.2, 0.25) is 0 Å². The second-order valence-electron chi connectivity index (χ2n) is 7.35. The molecule has 0 saturated heterocycles. The van der Waals surface area contributed by atoms with Gasteiger partial charge in [-0.1, -0.05) is 54.6 Å². The highest BCUT2D eigenvalue weighted by atomic mass is 19.1. The van der Waals surface area contributed by atoms with Crippen molar-refractivity contribution in [1.29, 1.82) is 0 Å². The second kappa shape index (κ2) is 9.06. The van der Waals surface area contributed by atoms with E-state index >= 15 is 0 Å². The average Bonchev–Trinajstić information content (AvgIpc) is 3.07. The molecule has 4 rings (SSSR count). The normalized spacial score (nSPS) is 13.7. The Morgan fingerprint density at radius 3 is 2.31 bits per heavy atom. The van der Waals surface area contributed by atoms with E-state index in [1.807, 2.05) is 42.2 Å². The molecule has 0 fully saturated rings. The molecule has 3 aromatic rings. The molecule has 1 heterocycles. The van der Waals surface area contributed by atoms with E-state index in [9.17, 15) is 14.0 Å². The van der Waals surface area contributed by atoms with Gasteiger partial charge >= 0.3 is 0 Å². The molecule has 0 N–H and O–H groups in total. The van der Waals surface area contributed by atoms with E-state index in [4.69, 9.17) is 4.74 Å². The highest BCUT2D eigenvalue weighted by Crippen LogP contribution is 2.38. The van der Waals surface area contributed by atoms with Crippen LogP contribution in [0.4, 0.5) is 10.1 Å². The van der Waals surface area contributed by atoms with Crippen LogP contribution in [-0.2, 0) is 16.1 Å². The van der Waals surface area contributed by atoms with Crippen molar-refractivity contribution in [2.75, 3.05) is 18.6 Å². The Morgan fingerprint density at radius 1 is 0.906 bits per heavy atom. The smallest absolute Gasteiger partial charge is 0.282 e. The number of nitrogens with zero attached hydrogens (tertiary/aromatic N) is 2. The average molecular weight is 430 g/mol. The van der Waals surface area contributed by atoms with Crippen molar-refractivity contribution in [1.82, 2.24) is 4.90 Å². The predicted octanol–water partition coefficient (Wildman–Crippen LogP) is 4.64. The first-order chi connectivity index (χ1) is 15.5. The Bertz CT molecular complexity index is 1190. The first-order valence-corrected chi connectivity index (χ1v) is 10.4. The minimum absolute atomic E-state index is 0.193. The number of carbonyl (C=O) groups excluding carboxylic acids is 2. The van der Waals surface area contributed by atoms with E-state index in [1.165, 1.54) is 25.3 Å². The number of rotatable bonds is 7. The van der Waals surface area contributed by atoms with Crippen LogP contribution in [0.25, 0.3) is 5.57 Å². The van der Waals surface area contributed by atoms with Crippen molar-refractivity contribution < 1.29 is 18.7 Å². The summed E-state index contributed by atoms with van der Waals surface area (Å²) in [6.07, 6.45) is 0. The van der Waals surface area contributed by atoms with Crippen molar-refractivity contribution in [2.24, 2.45) is 0 Å². The number of anilines is 1. The lowest BCUT2D eigenvalue weighted by Crippen LogP contribution is -2.35. The number of benzene rings is 3. The Kier molecular flexibility index (Phi) is 6.03. The number of imide groups is 1. The van der Waals surface area contributed by atoms with Gasteiger partial charge in [-0.25, -0.2) is 9.29 Å². The molecule has 0 radical (unpaired) electrons. The summed E-state index contributed by atoms with van der Waals surface area (Å²) < 4.78 is 19.4. The molecule has 0 atom stereocenters. The summed E-state index contributed by atoms with van der Waals surface area (Å²) in [7, 11) is 1.52. The Hall–Kier alpha value is -3.93. The van der Waals surface area contributed by atoms with Gasteiger partial charge in [0, 0.05) is 18.7 Å².